The summed E-state index contributed by atoms with van der Waals surface area (Å²) >= 11 is 0. The Labute approximate surface area is 183 Å². The minimum Gasteiger partial charge on any atom is -0.350 e. The van der Waals surface area contributed by atoms with Crippen LogP contribution in [-0.2, 0) is 24.4 Å². The topological polar surface area (TPSA) is 75.9 Å². The van der Waals surface area contributed by atoms with Crippen molar-refractivity contribution in [3.63, 3.8) is 0 Å². The third kappa shape index (κ3) is 5.98. The summed E-state index contributed by atoms with van der Waals surface area (Å²) in [5.41, 5.74) is 4.46. The van der Waals surface area contributed by atoms with Crippen LogP contribution >= 0.6 is 0 Å². The van der Waals surface area contributed by atoms with Crippen LogP contribution in [-0.4, -0.2) is 44.1 Å². The maximum atomic E-state index is 12.2. The number of carbonyl (C=O) groups excluding carboxylic acids is 1. The summed E-state index contributed by atoms with van der Waals surface area (Å²) in [5, 5.41) is 15.4. The summed E-state index contributed by atoms with van der Waals surface area (Å²) in [6, 6.07) is 16.4. The number of nitrogens with one attached hydrogen (secondary N) is 1. The molecule has 2 heterocycles. The highest BCUT2D eigenvalue weighted by atomic mass is 16.2. The number of likely N-dealkylation sites (tertiary alicyclic amines) is 1. The smallest absolute Gasteiger partial charge is 0.243 e. The van der Waals surface area contributed by atoms with Gasteiger partial charge in [-0.3, -0.25) is 9.69 Å². The van der Waals surface area contributed by atoms with Crippen molar-refractivity contribution in [2.24, 2.45) is 5.92 Å². The van der Waals surface area contributed by atoms with E-state index in [1.165, 1.54) is 41.9 Å². The number of aryl methyl sites for hydroxylation is 1. The lowest BCUT2D eigenvalue weighted by molar-refractivity contribution is -0.122. The first kappa shape index (κ1) is 21.2. The van der Waals surface area contributed by atoms with E-state index < -0.39 is 0 Å². The van der Waals surface area contributed by atoms with Gasteiger partial charge in [0.1, 0.15) is 6.54 Å². The molecule has 7 nitrogen and oxygen atoms in total. The molecule has 3 aromatic rings. The minimum atomic E-state index is -0.143. The zero-order valence-corrected chi connectivity index (χ0v) is 18.3. The molecule has 1 saturated heterocycles. The molecular formula is C24H30N6O. The SMILES string of the molecule is Cc1ccc(CNC(=O)Cn2nnc(-c3ccc(CN4CCC[C@H](C)C4)cc3)n2)cc1. The van der Waals surface area contributed by atoms with Gasteiger partial charge in [0.05, 0.1) is 0 Å². The third-order valence-corrected chi connectivity index (χ3v) is 5.71. The molecule has 162 valence electrons. The Bertz CT molecular complexity index is 996. The molecule has 1 N–H and O–H groups in total. The molecule has 7 heteroatoms. The molecule has 31 heavy (non-hydrogen) atoms. The molecule has 0 bridgehead atoms. The van der Waals surface area contributed by atoms with Crippen LogP contribution in [0.4, 0.5) is 0 Å². The summed E-state index contributed by atoms with van der Waals surface area (Å²) in [6.07, 6.45) is 2.62. The predicted octanol–water partition coefficient (Wildman–Crippen LogP) is 3.20. The Morgan fingerprint density at radius 1 is 1.10 bits per heavy atom. The van der Waals surface area contributed by atoms with E-state index in [2.05, 4.69) is 44.7 Å². The largest absolute Gasteiger partial charge is 0.350 e. The van der Waals surface area contributed by atoms with Crippen LogP contribution in [0.15, 0.2) is 48.5 Å². The van der Waals surface area contributed by atoms with E-state index in [1.807, 2.05) is 43.3 Å². The lowest BCUT2D eigenvalue weighted by atomic mass is 9.99. The lowest BCUT2D eigenvalue weighted by Crippen LogP contribution is -2.33. The fourth-order valence-electron chi connectivity index (χ4n) is 3.96. The molecule has 1 aliphatic rings. The van der Waals surface area contributed by atoms with Gasteiger partial charge in [0, 0.05) is 25.2 Å². The van der Waals surface area contributed by atoms with Crippen LogP contribution < -0.4 is 5.32 Å². The van der Waals surface area contributed by atoms with Crippen LogP contribution in [0.1, 0.15) is 36.5 Å². The fourth-order valence-corrected chi connectivity index (χ4v) is 3.96. The number of piperidine rings is 1. The zero-order valence-electron chi connectivity index (χ0n) is 18.3. The van der Waals surface area contributed by atoms with Crippen molar-refractivity contribution in [1.29, 1.82) is 0 Å². The Balaban J connectivity index is 1.29. The van der Waals surface area contributed by atoms with Gasteiger partial charge in [0.25, 0.3) is 0 Å². The number of benzene rings is 2. The summed E-state index contributed by atoms with van der Waals surface area (Å²) in [5.74, 6) is 1.17. The van der Waals surface area contributed by atoms with Crippen molar-refractivity contribution in [2.45, 2.75) is 46.3 Å². The number of amides is 1. The maximum Gasteiger partial charge on any atom is 0.243 e. The van der Waals surface area contributed by atoms with Crippen molar-refractivity contribution >= 4 is 5.91 Å². The number of hydrogen-bond acceptors (Lipinski definition) is 5. The fraction of sp³-hybridized carbons (Fsp3) is 0.417. The molecule has 4 rings (SSSR count). The number of nitrogens with zero attached hydrogens (tertiary/aromatic N) is 5. The average molecular weight is 419 g/mol. The molecule has 1 amide bonds. The van der Waals surface area contributed by atoms with Gasteiger partial charge in [-0.1, -0.05) is 61.0 Å². The lowest BCUT2D eigenvalue weighted by Gasteiger charge is -2.30. The van der Waals surface area contributed by atoms with Crippen LogP contribution in [0.3, 0.4) is 0 Å². The molecule has 0 saturated carbocycles. The number of tetrazole rings is 1. The molecule has 0 radical (unpaired) electrons. The molecule has 1 fully saturated rings. The standard InChI is InChI=1S/C24H30N6O/c1-18-5-7-20(8-6-18)14-25-23(31)17-30-27-24(26-28-30)22-11-9-21(10-12-22)16-29-13-3-4-19(2)15-29/h5-12,19H,3-4,13-17H2,1-2H3,(H,25,31)/t19-/m0/s1. The molecule has 2 aromatic carbocycles. The van der Waals surface area contributed by atoms with Gasteiger partial charge >= 0.3 is 0 Å². The second-order valence-corrected chi connectivity index (χ2v) is 8.59. The normalized spacial score (nSPS) is 16.9. The molecular weight excluding hydrogens is 388 g/mol. The van der Waals surface area contributed by atoms with E-state index in [1.54, 1.807) is 0 Å². The van der Waals surface area contributed by atoms with Crippen LogP contribution in [0.2, 0.25) is 0 Å². The Hall–Kier alpha value is -3.06. The minimum absolute atomic E-state index is 0.0457. The van der Waals surface area contributed by atoms with Crippen molar-refractivity contribution in [3.8, 4) is 11.4 Å². The predicted molar refractivity (Wildman–Crippen MR) is 120 cm³/mol. The van der Waals surface area contributed by atoms with E-state index in [-0.39, 0.29) is 12.5 Å². The molecule has 0 spiro atoms. The van der Waals surface area contributed by atoms with Gasteiger partial charge in [0.2, 0.25) is 11.7 Å². The van der Waals surface area contributed by atoms with Crippen molar-refractivity contribution in [1.82, 2.24) is 30.4 Å². The molecule has 0 aliphatic carbocycles. The van der Waals surface area contributed by atoms with E-state index in [0.717, 1.165) is 23.6 Å². The highest BCUT2D eigenvalue weighted by molar-refractivity contribution is 5.75. The van der Waals surface area contributed by atoms with E-state index in [4.69, 9.17) is 0 Å². The molecule has 1 aliphatic heterocycles. The van der Waals surface area contributed by atoms with Gasteiger partial charge in [-0.2, -0.15) is 4.80 Å². The summed E-state index contributed by atoms with van der Waals surface area (Å²) in [6.45, 7) is 8.22. The maximum absolute atomic E-state index is 12.2. The van der Waals surface area contributed by atoms with E-state index >= 15 is 0 Å². The highest BCUT2D eigenvalue weighted by Crippen LogP contribution is 2.20. The van der Waals surface area contributed by atoms with Gasteiger partial charge in [-0.15, -0.1) is 10.2 Å². The van der Waals surface area contributed by atoms with Crippen LogP contribution in [0.5, 0.6) is 0 Å². The summed E-state index contributed by atoms with van der Waals surface area (Å²) < 4.78 is 0. The zero-order chi connectivity index (χ0) is 21.6. The number of hydrogen-bond donors (Lipinski definition) is 1. The number of rotatable bonds is 7. The molecule has 1 atom stereocenters. The van der Waals surface area contributed by atoms with Crippen molar-refractivity contribution in [2.75, 3.05) is 13.1 Å². The van der Waals surface area contributed by atoms with Crippen molar-refractivity contribution in [3.05, 3.63) is 65.2 Å². The van der Waals surface area contributed by atoms with Gasteiger partial charge in [-0.05, 0) is 48.6 Å². The highest BCUT2D eigenvalue weighted by Gasteiger charge is 2.16. The van der Waals surface area contributed by atoms with Gasteiger partial charge in [0.15, 0.2) is 0 Å². The second-order valence-electron chi connectivity index (χ2n) is 8.59. The number of carbonyl (C=O) groups is 1. The summed E-state index contributed by atoms with van der Waals surface area (Å²) in [7, 11) is 0. The van der Waals surface area contributed by atoms with E-state index in [0.29, 0.717) is 12.4 Å². The van der Waals surface area contributed by atoms with Gasteiger partial charge in [-0.25, -0.2) is 0 Å². The first-order chi connectivity index (χ1) is 15.0. The second kappa shape index (κ2) is 9.83. The van der Waals surface area contributed by atoms with Crippen LogP contribution in [0.25, 0.3) is 11.4 Å². The van der Waals surface area contributed by atoms with Gasteiger partial charge < -0.3 is 5.32 Å². The first-order valence-corrected chi connectivity index (χ1v) is 11.0. The Morgan fingerprint density at radius 2 is 1.84 bits per heavy atom. The van der Waals surface area contributed by atoms with E-state index in [9.17, 15) is 4.79 Å². The first-order valence-electron chi connectivity index (χ1n) is 11.0. The monoisotopic (exact) mass is 418 g/mol. The third-order valence-electron chi connectivity index (χ3n) is 5.71. The number of aromatic nitrogens is 4. The quantitative estimate of drug-likeness (QED) is 0.638. The molecule has 0 unspecified atom stereocenters. The Morgan fingerprint density at radius 3 is 2.58 bits per heavy atom. The Kier molecular flexibility index (Phi) is 6.72. The molecule has 1 aromatic heterocycles. The average Bonchev–Trinajstić information content (AvgIpc) is 3.22. The van der Waals surface area contributed by atoms with Crippen LogP contribution in [0, 0.1) is 12.8 Å². The van der Waals surface area contributed by atoms with Crippen molar-refractivity contribution < 1.29 is 4.79 Å². The summed E-state index contributed by atoms with van der Waals surface area (Å²) in [4.78, 5) is 16.1.